The van der Waals surface area contributed by atoms with Crippen molar-refractivity contribution in [3.8, 4) is 0 Å². The second-order valence-electron chi connectivity index (χ2n) is 7.05. The molecule has 0 radical (unpaired) electrons. The molecule has 2 aromatic carbocycles. The summed E-state index contributed by atoms with van der Waals surface area (Å²) in [6.45, 7) is 1.47. The number of likely N-dealkylation sites (tertiary alicyclic amines) is 1. The molecule has 0 unspecified atom stereocenters. The van der Waals surface area contributed by atoms with Crippen LogP contribution in [0.3, 0.4) is 0 Å². The molecule has 0 aliphatic carbocycles. The van der Waals surface area contributed by atoms with E-state index >= 15 is 0 Å². The lowest BCUT2D eigenvalue weighted by Gasteiger charge is -2.31. The van der Waals surface area contributed by atoms with Gasteiger partial charge in [0.05, 0.1) is 6.54 Å². The van der Waals surface area contributed by atoms with Gasteiger partial charge in [0.15, 0.2) is 0 Å². The second kappa shape index (κ2) is 10.1. The fraction of sp³-hybridized carbons (Fsp3) is 0.318. The summed E-state index contributed by atoms with van der Waals surface area (Å²) in [5, 5.41) is 6.15. The summed E-state index contributed by atoms with van der Waals surface area (Å²) in [4.78, 5) is 38.5. The van der Waals surface area contributed by atoms with E-state index in [9.17, 15) is 14.4 Å². The Bertz CT molecular complexity index is 847. The maximum atomic E-state index is 12.4. The summed E-state index contributed by atoms with van der Waals surface area (Å²) >= 11 is 5.81. The molecule has 0 spiro atoms. The van der Waals surface area contributed by atoms with Crippen LogP contribution >= 0.6 is 11.6 Å². The Balaban J connectivity index is 1.39. The van der Waals surface area contributed by atoms with Gasteiger partial charge in [-0.1, -0.05) is 41.9 Å². The molecule has 1 saturated heterocycles. The summed E-state index contributed by atoms with van der Waals surface area (Å²) < 4.78 is 0. The van der Waals surface area contributed by atoms with Gasteiger partial charge in [0.1, 0.15) is 0 Å². The number of hydrogen-bond acceptors (Lipinski definition) is 3. The predicted octanol–water partition coefficient (Wildman–Crippen LogP) is 2.62. The van der Waals surface area contributed by atoms with Crippen molar-refractivity contribution in [1.82, 2.24) is 15.5 Å². The molecular weight excluding hydrogens is 390 g/mol. The standard InChI is InChI=1S/C22H24ClN3O3/c23-19-8-6-17(7-9-19)21(28)25-15-20(27)26-12-10-18(11-13-26)22(29)24-14-16-4-2-1-3-5-16/h1-9,18H,10-15H2,(H,24,29)(H,25,28). The van der Waals surface area contributed by atoms with Crippen LogP contribution in [0.2, 0.25) is 5.02 Å². The van der Waals surface area contributed by atoms with Crippen molar-refractivity contribution in [2.45, 2.75) is 19.4 Å². The molecule has 3 rings (SSSR count). The Hall–Kier alpha value is -2.86. The highest BCUT2D eigenvalue weighted by atomic mass is 35.5. The third-order valence-corrected chi connectivity index (χ3v) is 5.29. The number of hydrogen-bond donors (Lipinski definition) is 2. The van der Waals surface area contributed by atoms with Gasteiger partial charge in [0, 0.05) is 36.1 Å². The van der Waals surface area contributed by atoms with Crippen LogP contribution in [0.15, 0.2) is 54.6 Å². The van der Waals surface area contributed by atoms with Crippen molar-refractivity contribution in [2.75, 3.05) is 19.6 Å². The Morgan fingerprint density at radius 2 is 1.59 bits per heavy atom. The number of nitrogens with one attached hydrogen (secondary N) is 2. The molecule has 2 aromatic rings. The lowest BCUT2D eigenvalue weighted by Crippen LogP contribution is -2.46. The van der Waals surface area contributed by atoms with E-state index in [1.54, 1.807) is 29.2 Å². The number of rotatable bonds is 6. The number of nitrogens with zero attached hydrogens (tertiary/aromatic N) is 1. The van der Waals surface area contributed by atoms with Gasteiger partial charge in [-0.05, 0) is 42.7 Å². The Kier molecular flexibility index (Phi) is 7.25. The molecule has 152 valence electrons. The van der Waals surface area contributed by atoms with Gasteiger partial charge in [-0.2, -0.15) is 0 Å². The first-order valence-corrected chi connectivity index (χ1v) is 10.0. The van der Waals surface area contributed by atoms with E-state index in [1.165, 1.54) is 0 Å². The highest BCUT2D eigenvalue weighted by molar-refractivity contribution is 6.30. The number of benzene rings is 2. The predicted molar refractivity (Wildman–Crippen MR) is 111 cm³/mol. The van der Waals surface area contributed by atoms with Gasteiger partial charge < -0.3 is 15.5 Å². The summed E-state index contributed by atoms with van der Waals surface area (Å²) in [5.41, 5.74) is 1.51. The van der Waals surface area contributed by atoms with Crippen molar-refractivity contribution in [3.63, 3.8) is 0 Å². The van der Waals surface area contributed by atoms with Crippen LogP contribution in [0.25, 0.3) is 0 Å². The first-order valence-electron chi connectivity index (χ1n) is 9.66. The zero-order chi connectivity index (χ0) is 20.6. The minimum atomic E-state index is -0.315. The van der Waals surface area contributed by atoms with Crippen molar-refractivity contribution >= 4 is 29.3 Å². The van der Waals surface area contributed by atoms with Crippen LogP contribution < -0.4 is 10.6 Å². The molecule has 2 N–H and O–H groups in total. The van der Waals surface area contributed by atoms with Gasteiger partial charge >= 0.3 is 0 Å². The van der Waals surface area contributed by atoms with Gasteiger partial charge in [-0.15, -0.1) is 0 Å². The first-order chi connectivity index (χ1) is 14.0. The van der Waals surface area contributed by atoms with Crippen molar-refractivity contribution in [3.05, 3.63) is 70.7 Å². The minimum absolute atomic E-state index is 0.0250. The lowest BCUT2D eigenvalue weighted by molar-refractivity contribution is -0.134. The van der Waals surface area contributed by atoms with E-state index in [0.29, 0.717) is 43.1 Å². The van der Waals surface area contributed by atoms with Crippen molar-refractivity contribution in [1.29, 1.82) is 0 Å². The quantitative estimate of drug-likeness (QED) is 0.764. The van der Waals surface area contributed by atoms with Crippen LogP contribution in [0.4, 0.5) is 0 Å². The SMILES string of the molecule is O=C(NCC(=O)N1CCC(C(=O)NCc2ccccc2)CC1)c1ccc(Cl)cc1. The number of piperidine rings is 1. The third-order valence-electron chi connectivity index (χ3n) is 5.03. The Morgan fingerprint density at radius 1 is 0.931 bits per heavy atom. The van der Waals surface area contributed by atoms with E-state index in [-0.39, 0.29) is 30.2 Å². The van der Waals surface area contributed by atoms with Crippen molar-refractivity contribution in [2.24, 2.45) is 5.92 Å². The Labute approximate surface area is 175 Å². The molecule has 1 aliphatic rings. The smallest absolute Gasteiger partial charge is 0.251 e. The minimum Gasteiger partial charge on any atom is -0.352 e. The molecule has 1 heterocycles. The lowest BCUT2D eigenvalue weighted by atomic mass is 9.95. The molecule has 0 bridgehead atoms. The molecule has 6 nitrogen and oxygen atoms in total. The largest absolute Gasteiger partial charge is 0.352 e. The van der Waals surface area contributed by atoms with E-state index in [4.69, 9.17) is 11.6 Å². The maximum Gasteiger partial charge on any atom is 0.251 e. The average molecular weight is 414 g/mol. The van der Waals surface area contributed by atoms with Gasteiger partial charge in [0.25, 0.3) is 5.91 Å². The zero-order valence-electron chi connectivity index (χ0n) is 16.1. The van der Waals surface area contributed by atoms with Crippen LogP contribution in [-0.4, -0.2) is 42.3 Å². The molecule has 3 amide bonds. The van der Waals surface area contributed by atoms with Crippen LogP contribution in [0, 0.1) is 5.92 Å². The fourth-order valence-corrected chi connectivity index (χ4v) is 3.42. The van der Waals surface area contributed by atoms with Gasteiger partial charge in [-0.3, -0.25) is 14.4 Å². The molecule has 1 fully saturated rings. The van der Waals surface area contributed by atoms with Crippen molar-refractivity contribution < 1.29 is 14.4 Å². The Morgan fingerprint density at radius 3 is 2.24 bits per heavy atom. The topological polar surface area (TPSA) is 78.5 Å². The normalized spacial score (nSPS) is 14.3. The molecule has 0 aromatic heterocycles. The third kappa shape index (κ3) is 6.06. The van der Waals surface area contributed by atoms with E-state index in [2.05, 4.69) is 10.6 Å². The van der Waals surface area contributed by atoms with Crippen LogP contribution in [-0.2, 0) is 16.1 Å². The van der Waals surface area contributed by atoms with Gasteiger partial charge in [0.2, 0.25) is 11.8 Å². The first kappa shape index (κ1) is 20.9. The molecular formula is C22H24ClN3O3. The molecule has 0 saturated carbocycles. The molecule has 29 heavy (non-hydrogen) atoms. The summed E-state index contributed by atoms with van der Waals surface area (Å²) in [6.07, 6.45) is 1.25. The number of amides is 3. The monoisotopic (exact) mass is 413 g/mol. The van der Waals surface area contributed by atoms with Crippen LogP contribution in [0.1, 0.15) is 28.8 Å². The number of carbonyl (C=O) groups is 3. The number of halogens is 1. The second-order valence-corrected chi connectivity index (χ2v) is 7.48. The average Bonchev–Trinajstić information content (AvgIpc) is 2.77. The number of carbonyl (C=O) groups excluding carboxylic acids is 3. The van der Waals surface area contributed by atoms with E-state index < -0.39 is 0 Å². The maximum absolute atomic E-state index is 12.4. The van der Waals surface area contributed by atoms with Crippen LogP contribution in [0.5, 0.6) is 0 Å². The molecule has 0 atom stereocenters. The van der Waals surface area contributed by atoms with Gasteiger partial charge in [-0.25, -0.2) is 0 Å². The van der Waals surface area contributed by atoms with E-state index in [0.717, 1.165) is 5.56 Å². The summed E-state index contributed by atoms with van der Waals surface area (Å²) in [6, 6.07) is 16.3. The summed E-state index contributed by atoms with van der Waals surface area (Å²) in [7, 11) is 0. The zero-order valence-corrected chi connectivity index (χ0v) is 16.8. The molecule has 7 heteroatoms. The molecule has 1 aliphatic heterocycles. The fourth-order valence-electron chi connectivity index (χ4n) is 3.29. The highest BCUT2D eigenvalue weighted by Gasteiger charge is 2.27. The van der Waals surface area contributed by atoms with E-state index in [1.807, 2.05) is 30.3 Å². The summed E-state index contributed by atoms with van der Waals surface area (Å²) in [5.74, 6) is -0.524. The highest BCUT2D eigenvalue weighted by Crippen LogP contribution is 2.17.